The van der Waals surface area contributed by atoms with E-state index in [0.29, 0.717) is 33.1 Å². The normalized spacial score (nSPS) is 17.5. The lowest BCUT2D eigenvalue weighted by atomic mass is 10.1. The SMILES string of the molecule is CC(=O)c1cn(CC(=O)N2C[C@H](F)C[C@H]2C(=O)NCc2cccc(C)c2F)c2c1ccc1ncccc12. The largest absolute Gasteiger partial charge is 0.350 e. The number of benzene rings is 2. The van der Waals surface area contributed by atoms with Crippen LogP contribution >= 0.6 is 0 Å². The van der Waals surface area contributed by atoms with Gasteiger partial charge in [0.05, 0.1) is 17.6 Å². The van der Waals surface area contributed by atoms with Gasteiger partial charge in [-0.1, -0.05) is 18.2 Å². The number of alkyl halides is 1. The second-order valence-electron chi connectivity index (χ2n) is 9.42. The van der Waals surface area contributed by atoms with Gasteiger partial charge in [-0.15, -0.1) is 0 Å². The summed E-state index contributed by atoms with van der Waals surface area (Å²) in [6, 6.07) is 11.2. The molecule has 0 spiro atoms. The number of Topliss-reactive ketones (excluding diaryl/α,β-unsaturated/α-hetero) is 1. The van der Waals surface area contributed by atoms with Gasteiger partial charge < -0.3 is 14.8 Å². The Morgan fingerprint density at radius 3 is 2.70 bits per heavy atom. The van der Waals surface area contributed by atoms with E-state index in [1.54, 1.807) is 54.2 Å². The number of aromatic nitrogens is 2. The van der Waals surface area contributed by atoms with Crippen LogP contribution in [0.2, 0.25) is 0 Å². The Morgan fingerprint density at radius 2 is 1.92 bits per heavy atom. The summed E-state index contributed by atoms with van der Waals surface area (Å²) in [5, 5.41) is 4.12. The number of hydrogen-bond donors (Lipinski definition) is 1. The summed E-state index contributed by atoms with van der Waals surface area (Å²) in [5.41, 5.74) is 2.63. The van der Waals surface area contributed by atoms with E-state index in [0.717, 1.165) is 5.39 Å². The summed E-state index contributed by atoms with van der Waals surface area (Å²) in [7, 11) is 0. The van der Waals surface area contributed by atoms with Crippen LogP contribution in [0.5, 0.6) is 0 Å². The molecule has 2 amide bonds. The molecule has 2 atom stereocenters. The molecule has 1 aliphatic rings. The molecule has 9 heteroatoms. The van der Waals surface area contributed by atoms with Crippen molar-refractivity contribution < 1.29 is 23.2 Å². The van der Waals surface area contributed by atoms with Crippen molar-refractivity contribution >= 4 is 39.4 Å². The van der Waals surface area contributed by atoms with Crippen molar-refractivity contribution in [2.45, 2.75) is 45.6 Å². The molecule has 1 fully saturated rings. The minimum atomic E-state index is -1.35. The molecule has 2 aromatic carbocycles. The zero-order valence-electron chi connectivity index (χ0n) is 20.5. The minimum Gasteiger partial charge on any atom is -0.350 e. The molecule has 5 rings (SSSR count). The highest BCUT2D eigenvalue weighted by atomic mass is 19.1. The third-order valence-electron chi connectivity index (χ3n) is 6.90. The molecule has 7 nitrogen and oxygen atoms in total. The minimum absolute atomic E-state index is 0.0645. The number of ketones is 1. The lowest BCUT2D eigenvalue weighted by molar-refractivity contribution is -0.139. The Balaban J connectivity index is 1.41. The summed E-state index contributed by atoms with van der Waals surface area (Å²) in [4.78, 5) is 44.3. The molecular formula is C28H26F2N4O3. The lowest BCUT2D eigenvalue weighted by Crippen LogP contribution is -2.46. The first-order valence-corrected chi connectivity index (χ1v) is 12.1. The monoisotopic (exact) mass is 504 g/mol. The van der Waals surface area contributed by atoms with Gasteiger partial charge in [-0.3, -0.25) is 19.4 Å². The highest BCUT2D eigenvalue weighted by Crippen LogP contribution is 2.30. The Bertz CT molecular complexity index is 1550. The molecule has 3 heterocycles. The number of rotatable bonds is 6. The van der Waals surface area contributed by atoms with Crippen molar-refractivity contribution in [2.75, 3.05) is 6.54 Å². The zero-order chi connectivity index (χ0) is 26.3. The molecular weight excluding hydrogens is 478 g/mol. The molecule has 0 unspecified atom stereocenters. The van der Waals surface area contributed by atoms with E-state index in [1.165, 1.54) is 11.8 Å². The van der Waals surface area contributed by atoms with Crippen LogP contribution < -0.4 is 5.32 Å². The molecule has 0 aliphatic carbocycles. The molecule has 4 aromatic rings. The fraction of sp³-hybridized carbons (Fsp3) is 0.286. The van der Waals surface area contributed by atoms with Crippen molar-refractivity contribution in [2.24, 2.45) is 0 Å². The van der Waals surface area contributed by atoms with Crippen LogP contribution in [0.1, 0.15) is 34.8 Å². The third-order valence-corrected chi connectivity index (χ3v) is 6.90. The van der Waals surface area contributed by atoms with Crippen molar-refractivity contribution in [3.05, 3.63) is 77.4 Å². The fourth-order valence-corrected chi connectivity index (χ4v) is 5.05. The summed E-state index contributed by atoms with van der Waals surface area (Å²) in [6.07, 6.45) is 1.80. The van der Waals surface area contributed by atoms with E-state index in [4.69, 9.17) is 0 Å². The first-order valence-electron chi connectivity index (χ1n) is 12.1. The summed E-state index contributed by atoms with van der Waals surface area (Å²) < 4.78 is 30.4. The predicted molar refractivity (Wildman–Crippen MR) is 135 cm³/mol. The number of carbonyl (C=O) groups is 3. The number of amides is 2. The summed E-state index contributed by atoms with van der Waals surface area (Å²) >= 11 is 0. The number of likely N-dealkylation sites (tertiary alicyclic amines) is 1. The number of aryl methyl sites for hydroxylation is 1. The Kier molecular flexibility index (Phi) is 6.45. The number of nitrogens with zero attached hydrogens (tertiary/aromatic N) is 3. The maximum Gasteiger partial charge on any atom is 0.243 e. The van der Waals surface area contributed by atoms with E-state index in [2.05, 4.69) is 10.3 Å². The van der Waals surface area contributed by atoms with Gasteiger partial charge in [-0.2, -0.15) is 0 Å². The van der Waals surface area contributed by atoms with Crippen molar-refractivity contribution in [3.63, 3.8) is 0 Å². The Labute approximate surface area is 212 Å². The lowest BCUT2D eigenvalue weighted by Gasteiger charge is -2.24. The molecule has 37 heavy (non-hydrogen) atoms. The van der Waals surface area contributed by atoms with E-state index >= 15 is 0 Å². The molecule has 0 saturated carbocycles. The topological polar surface area (TPSA) is 84.3 Å². The van der Waals surface area contributed by atoms with Crippen molar-refractivity contribution in [1.29, 1.82) is 0 Å². The molecule has 0 bridgehead atoms. The average molecular weight is 505 g/mol. The van der Waals surface area contributed by atoms with Gasteiger partial charge in [0.15, 0.2) is 5.78 Å². The van der Waals surface area contributed by atoms with Gasteiger partial charge in [0.2, 0.25) is 11.8 Å². The van der Waals surface area contributed by atoms with Gasteiger partial charge >= 0.3 is 0 Å². The van der Waals surface area contributed by atoms with E-state index in [1.807, 2.05) is 12.1 Å². The number of nitrogens with one attached hydrogen (secondary N) is 1. The summed E-state index contributed by atoms with van der Waals surface area (Å²) in [5.74, 6) is -1.54. The molecule has 190 valence electrons. The Hall–Kier alpha value is -4.14. The molecule has 1 aliphatic heterocycles. The number of hydrogen-bond acceptors (Lipinski definition) is 4. The van der Waals surface area contributed by atoms with Gasteiger partial charge in [-0.05, 0) is 43.7 Å². The van der Waals surface area contributed by atoms with Crippen LogP contribution in [0.3, 0.4) is 0 Å². The van der Waals surface area contributed by atoms with Crippen LogP contribution in [0, 0.1) is 12.7 Å². The van der Waals surface area contributed by atoms with Crippen molar-refractivity contribution in [1.82, 2.24) is 19.8 Å². The van der Waals surface area contributed by atoms with Crippen molar-refractivity contribution in [3.8, 4) is 0 Å². The first kappa shape index (κ1) is 24.5. The smallest absolute Gasteiger partial charge is 0.243 e. The van der Waals surface area contributed by atoms with Crippen LogP contribution in [-0.4, -0.2) is 50.8 Å². The number of fused-ring (bicyclic) bond motifs is 3. The second-order valence-corrected chi connectivity index (χ2v) is 9.42. The van der Waals surface area contributed by atoms with E-state index in [9.17, 15) is 23.2 Å². The van der Waals surface area contributed by atoms with E-state index < -0.39 is 29.8 Å². The highest BCUT2D eigenvalue weighted by molar-refractivity contribution is 6.14. The number of halogens is 2. The van der Waals surface area contributed by atoms with E-state index in [-0.39, 0.29) is 31.8 Å². The van der Waals surface area contributed by atoms with Crippen LogP contribution in [0.25, 0.3) is 21.8 Å². The van der Waals surface area contributed by atoms with Gasteiger partial charge in [0.25, 0.3) is 0 Å². The molecule has 0 radical (unpaired) electrons. The quantitative estimate of drug-likeness (QED) is 0.401. The van der Waals surface area contributed by atoms with Gasteiger partial charge in [-0.25, -0.2) is 8.78 Å². The number of carbonyl (C=O) groups excluding carboxylic acids is 3. The van der Waals surface area contributed by atoms with Crippen LogP contribution in [-0.2, 0) is 22.7 Å². The summed E-state index contributed by atoms with van der Waals surface area (Å²) in [6.45, 7) is 2.63. The van der Waals surface area contributed by atoms with Crippen LogP contribution in [0.4, 0.5) is 8.78 Å². The zero-order valence-corrected chi connectivity index (χ0v) is 20.5. The number of pyridine rings is 1. The maximum atomic E-state index is 14.4. The molecule has 1 saturated heterocycles. The maximum absolute atomic E-state index is 14.4. The third kappa shape index (κ3) is 4.57. The predicted octanol–water partition coefficient (Wildman–Crippen LogP) is 4.10. The van der Waals surface area contributed by atoms with Crippen LogP contribution in [0.15, 0.2) is 54.9 Å². The molecule has 1 N–H and O–H groups in total. The Morgan fingerprint density at radius 1 is 1.11 bits per heavy atom. The second kappa shape index (κ2) is 9.72. The van der Waals surface area contributed by atoms with Gasteiger partial charge in [0, 0.05) is 47.3 Å². The van der Waals surface area contributed by atoms with Gasteiger partial charge in [0.1, 0.15) is 24.6 Å². The fourth-order valence-electron chi connectivity index (χ4n) is 5.05. The average Bonchev–Trinajstić information content (AvgIpc) is 3.46. The molecule has 2 aromatic heterocycles. The standard InChI is InChI=1S/C28H26F2N4O3/c1-16-5-3-6-18(26(16)30)12-32-28(37)24-11-19(29)13-34(24)25(36)15-33-14-22(17(2)35)20-8-9-23-21(27(20)33)7-4-10-31-23/h3-10,14,19,24H,11-13,15H2,1-2H3,(H,32,37)/t19-,24+/m1/s1. The highest BCUT2D eigenvalue weighted by Gasteiger charge is 2.39. The first-order chi connectivity index (χ1) is 17.7.